The minimum Gasteiger partial charge on any atom is -0.481 e. The van der Waals surface area contributed by atoms with Crippen molar-refractivity contribution in [2.24, 2.45) is 5.73 Å². The molecule has 0 bridgehead atoms. The summed E-state index contributed by atoms with van der Waals surface area (Å²) in [6, 6.07) is 5.34. The predicted octanol–water partition coefficient (Wildman–Crippen LogP) is 3.47. The number of halogens is 2. The summed E-state index contributed by atoms with van der Waals surface area (Å²) >= 11 is 5.97. The minimum atomic E-state index is -0.588. The number of benzene rings is 1. The second kappa shape index (κ2) is 9.23. The number of rotatable bonds is 7. The Hall–Kier alpha value is -0.970. The van der Waals surface area contributed by atoms with Gasteiger partial charge in [-0.2, -0.15) is 0 Å². The summed E-state index contributed by atoms with van der Waals surface area (Å²) in [5.74, 6) is 0.475. The molecule has 1 rings (SSSR count). The largest absolute Gasteiger partial charge is 0.481 e. The fourth-order valence-electron chi connectivity index (χ4n) is 2.08. The number of nitrogens with one attached hydrogen (secondary N) is 1. The summed E-state index contributed by atoms with van der Waals surface area (Å²) in [6.45, 7) is 8.08. The van der Waals surface area contributed by atoms with E-state index in [-0.39, 0.29) is 23.9 Å². The van der Waals surface area contributed by atoms with Gasteiger partial charge in [0, 0.05) is 11.6 Å². The van der Waals surface area contributed by atoms with Crippen molar-refractivity contribution in [3.05, 3.63) is 28.8 Å². The maximum Gasteiger partial charge on any atom is 0.261 e. The predicted molar refractivity (Wildman–Crippen MR) is 94.0 cm³/mol. The fourth-order valence-corrected chi connectivity index (χ4v) is 2.20. The highest BCUT2D eigenvalue weighted by atomic mass is 35.5. The molecule has 6 heteroatoms. The zero-order valence-electron chi connectivity index (χ0n) is 13.6. The Morgan fingerprint density at radius 1 is 1.41 bits per heavy atom. The maximum atomic E-state index is 12.3. The summed E-state index contributed by atoms with van der Waals surface area (Å²) in [7, 11) is 0. The summed E-state index contributed by atoms with van der Waals surface area (Å²) in [5, 5.41) is 3.69. The lowest BCUT2D eigenvalue weighted by atomic mass is 9.92. The van der Waals surface area contributed by atoms with Crippen molar-refractivity contribution < 1.29 is 9.53 Å². The molecule has 1 aromatic rings. The molecular formula is C16H26Cl2N2O2. The Kier molecular flexibility index (Phi) is 8.83. The van der Waals surface area contributed by atoms with Crippen molar-refractivity contribution in [3.63, 3.8) is 0 Å². The van der Waals surface area contributed by atoms with Crippen LogP contribution in [0.1, 0.15) is 39.2 Å². The molecule has 126 valence electrons. The van der Waals surface area contributed by atoms with Crippen LogP contribution in [0.4, 0.5) is 0 Å². The lowest BCUT2D eigenvalue weighted by Gasteiger charge is -2.32. The molecule has 1 amide bonds. The monoisotopic (exact) mass is 348 g/mol. The number of hydrogen-bond acceptors (Lipinski definition) is 3. The number of nitrogens with two attached hydrogens (primary N) is 1. The topological polar surface area (TPSA) is 64.3 Å². The molecule has 0 aromatic heterocycles. The van der Waals surface area contributed by atoms with Crippen molar-refractivity contribution >= 4 is 29.9 Å². The van der Waals surface area contributed by atoms with Gasteiger partial charge in [-0.1, -0.05) is 25.4 Å². The van der Waals surface area contributed by atoms with Crippen molar-refractivity contribution in [1.82, 2.24) is 5.32 Å². The number of ether oxygens (including phenoxy) is 1. The van der Waals surface area contributed by atoms with Crippen LogP contribution in [0.25, 0.3) is 0 Å². The second-order valence-electron chi connectivity index (χ2n) is 5.35. The third kappa shape index (κ3) is 5.34. The first kappa shape index (κ1) is 21.0. The van der Waals surface area contributed by atoms with Gasteiger partial charge in [0.2, 0.25) is 0 Å². The van der Waals surface area contributed by atoms with E-state index in [9.17, 15) is 4.79 Å². The van der Waals surface area contributed by atoms with Gasteiger partial charge >= 0.3 is 0 Å². The molecule has 4 nitrogen and oxygen atoms in total. The molecule has 1 atom stereocenters. The Morgan fingerprint density at radius 3 is 2.45 bits per heavy atom. The molecule has 0 radical (unpaired) electrons. The molecule has 3 N–H and O–H groups in total. The summed E-state index contributed by atoms with van der Waals surface area (Å²) < 4.78 is 5.68. The molecule has 0 aliphatic heterocycles. The average Bonchev–Trinajstić information content (AvgIpc) is 2.48. The van der Waals surface area contributed by atoms with E-state index in [0.717, 1.165) is 18.4 Å². The van der Waals surface area contributed by atoms with Crippen molar-refractivity contribution in [3.8, 4) is 5.75 Å². The van der Waals surface area contributed by atoms with E-state index in [1.165, 1.54) is 0 Å². The normalized spacial score (nSPS) is 12.3. The molecule has 22 heavy (non-hydrogen) atoms. The molecule has 1 aromatic carbocycles. The zero-order valence-corrected chi connectivity index (χ0v) is 15.2. The van der Waals surface area contributed by atoms with E-state index in [1.807, 2.05) is 26.8 Å². The molecule has 0 spiro atoms. The first-order valence-electron chi connectivity index (χ1n) is 7.32. The van der Waals surface area contributed by atoms with Crippen LogP contribution < -0.4 is 15.8 Å². The van der Waals surface area contributed by atoms with Gasteiger partial charge in [0.25, 0.3) is 5.91 Å². The first-order chi connectivity index (χ1) is 9.87. The maximum absolute atomic E-state index is 12.3. The van der Waals surface area contributed by atoms with Gasteiger partial charge in [0.15, 0.2) is 6.10 Å². The average molecular weight is 349 g/mol. The number of carbonyl (C=O) groups is 1. The van der Waals surface area contributed by atoms with Gasteiger partial charge in [-0.15, -0.1) is 12.4 Å². The van der Waals surface area contributed by atoms with Crippen LogP contribution >= 0.6 is 24.0 Å². The van der Waals surface area contributed by atoms with E-state index < -0.39 is 6.10 Å². The van der Waals surface area contributed by atoms with Crippen molar-refractivity contribution in [1.29, 1.82) is 0 Å². The van der Waals surface area contributed by atoms with Crippen LogP contribution in [0, 0.1) is 6.92 Å². The molecule has 0 aliphatic carbocycles. The van der Waals surface area contributed by atoms with Crippen LogP contribution in [-0.2, 0) is 4.79 Å². The number of amides is 1. The standard InChI is InChI=1S/C16H25ClN2O2.ClH/c1-5-16(6-2,10-18)19-15(20)12(4)21-13-7-8-14(17)11(3)9-13;/h7-9,12H,5-6,10,18H2,1-4H3,(H,19,20);1H. The minimum absolute atomic E-state index is 0. The van der Waals surface area contributed by atoms with Crippen LogP contribution in [0.3, 0.4) is 0 Å². The molecular weight excluding hydrogens is 323 g/mol. The van der Waals surface area contributed by atoms with E-state index in [4.69, 9.17) is 22.1 Å². The zero-order chi connectivity index (χ0) is 16.0. The first-order valence-corrected chi connectivity index (χ1v) is 7.70. The Balaban J connectivity index is 0.00000441. The van der Waals surface area contributed by atoms with Crippen LogP contribution in [0.15, 0.2) is 18.2 Å². The van der Waals surface area contributed by atoms with E-state index >= 15 is 0 Å². The molecule has 1 unspecified atom stereocenters. The van der Waals surface area contributed by atoms with Gasteiger partial charge < -0.3 is 15.8 Å². The van der Waals surface area contributed by atoms with Crippen LogP contribution in [-0.4, -0.2) is 24.1 Å². The lowest BCUT2D eigenvalue weighted by molar-refractivity contribution is -0.129. The highest BCUT2D eigenvalue weighted by Gasteiger charge is 2.29. The lowest BCUT2D eigenvalue weighted by Crippen LogP contribution is -2.55. The van der Waals surface area contributed by atoms with E-state index in [0.29, 0.717) is 17.3 Å². The molecule has 0 saturated heterocycles. The van der Waals surface area contributed by atoms with Gasteiger partial charge in [0.05, 0.1) is 5.54 Å². The number of aryl methyl sites for hydroxylation is 1. The Morgan fingerprint density at radius 2 is 2.00 bits per heavy atom. The summed E-state index contributed by atoms with van der Waals surface area (Å²) in [5.41, 5.74) is 6.36. The highest BCUT2D eigenvalue weighted by Crippen LogP contribution is 2.22. The number of carbonyl (C=O) groups excluding carboxylic acids is 1. The van der Waals surface area contributed by atoms with Crippen LogP contribution in [0.2, 0.25) is 5.02 Å². The SMILES string of the molecule is CCC(CC)(CN)NC(=O)C(C)Oc1ccc(Cl)c(C)c1.Cl. The van der Waals surface area contributed by atoms with Gasteiger partial charge in [-0.05, 0) is 50.5 Å². The van der Waals surface area contributed by atoms with E-state index in [2.05, 4.69) is 5.32 Å². The van der Waals surface area contributed by atoms with Gasteiger partial charge in [-0.25, -0.2) is 0 Å². The Bertz CT molecular complexity index is 483. The summed E-state index contributed by atoms with van der Waals surface area (Å²) in [6.07, 6.45) is 0.992. The third-order valence-electron chi connectivity index (χ3n) is 3.94. The van der Waals surface area contributed by atoms with Crippen LogP contribution in [0.5, 0.6) is 5.75 Å². The number of hydrogen-bond donors (Lipinski definition) is 2. The molecule has 0 fully saturated rings. The quantitative estimate of drug-likeness (QED) is 0.792. The highest BCUT2D eigenvalue weighted by molar-refractivity contribution is 6.31. The smallest absolute Gasteiger partial charge is 0.261 e. The molecule has 0 saturated carbocycles. The fraction of sp³-hybridized carbons (Fsp3) is 0.562. The van der Waals surface area contributed by atoms with Gasteiger partial charge in [-0.3, -0.25) is 4.79 Å². The molecule has 0 heterocycles. The Labute approximate surface area is 144 Å². The van der Waals surface area contributed by atoms with Crippen molar-refractivity contribution in [2.75, 3.05) is 6.54 Å². The second-order valence-corrected chi connectivity index (χ2v) is 5.76. The van der Waals surface area contributed by atoms with Gasteiger partial charge in [0.1, 0.15) is 5.75 Å². The summed E-state index contributed by atoms with van der Waals surface area (Å²) in [4.78, 5) is 12.3. The van der Waals surface area contributed by atoms with E-state index in [1.54, 1.807) is 19.1 Å². The third-order valence-corrected chi connectivity index (χ3v) is 4.37. The molecule has 0 aliphatic rings. The van der Waals surface area contributed by atoms with Crippen molar-refractivity contribution in [2.45, 2.75) is 52.2 Å².